The van der Waals surface area contributed by atoms with E-state index in [2.05, 4.69) is 10.3 Å². The quantitative estimate of drug-likeness (QED) is 0.903. The minimum Gasteiger partial charge on any atom is -0.385 e. The second-order valence-electron chi connectivity index (χ2n) is 5.20. The molecule has 1 aromatic rings. The lowest BCUT2D eigenvalue weighted by Gasteiger charge is -2.21. The van der Waals surface area contributed by atoms with E-state index in [1.165, 1.54) is 0 Å². The summed E-state index contributed by atoms with van der Waals surface area (Å²) < 4.78 is 23.3. The molecule has 0 aromatic carbocycles. The molecule has 0 unspecified atom stereocenters. The normalized spacial score (nSPS) is 18.1. The van der Waals surface area contributed by atoms with Crippen molar-refractivity contribution in [3.05, 3.63) is 23.5 Å². The zero-order valence-corrected chi connectivity index (χ0v) is 13.2. The number of pyridine rings is 1. The molecule has 1 amide bonds. The van der Waals surface area contributed by atoms with Crippen molar-refractivity contribution in [1.82, 2.24) is 9.88 Å². The van der Waals surface area contributed by atoms with Gasteiger partial charge in [0.05, 0.1) is 22.8 Å². The fraction of sp³-hybridized carbons (Fsp3) is 0.571. The van der Waals surface area contributed by atoms with Crippen molar-refractivity contribution in [2.45, 2.75) is 20.3 Å². The van der Waals surface area contributed by atoms with Gasteiger partial charge < -0.3 is 10.2 Å². The van der Waals surface area contributed by atoms with Crippen LogP contribution in [-0.4, -0.2) is 55.3 Å². The summed E-state index contributed by atoms with van der Waals surface area (Å²) in [6, 6.07) is 1.84. The molecule has 0 spiro atoms. The van der Waals surface area contributed by atoms with Crippen LogP contribution >= 0.6 is 0 Å². The fourth-order valence-electron chi connectivity index (χ4n) is 2.38. The van der Waals surface area contributed by atoms with E-state index in [1.54, 1.807) is 11.1 Å². The van der Waals surface area contributed by atoms with Crippen LogP contribution in [-0.2, 0) is 9.84 Å². The highest BCUT2D eigenvalue weighted by Gasteiger charge is 2.25. The van der Waals surface area contributed by atoms with E-state index in [0.29, 0.717) is 25.1 Å². The van der Waals surface area contributed by atoms with E-state index in [0.717, 1.165) is 11.4 Å². The molecule has 116 valence electrons. The smallest absolute Gasteiger partial charge is 0.257 e. The summed E-state index contributed by atoms with van der Waals surface area (Å²) >= 11 is 0. The summed E-state index contributed by atoms with van der Waals surface area (Å²) in [6.45, 7) is 5.26. The Kier molecular flexibility index (Phi) is 4.82. The number of carbonyl (C=O) groups excluding carboxylic acids is 1. The van der Waals surface area contributed by atoms with Gasteiger partial charge in [0.2, 0.25) is 0 Å². The zero-order chi connectivity index (χ0) is 15.5. The average Bonchev–Trinajstić information content (AvgIpc) is 2.60. The number of nitrogens with one attached hydrogen (secondary N) is 1. The maximum Gasteiger partial charge on any atom is 0.257 e. The molecule has 21 heavy (non-hydrogen) atoms. The van der Waals surface area contributed by atoms with Crippen molar-refractivity contribution in [2.75, 3.05) is 36.5 Å². The molecule has 0 aliphatic carbocycles. The lowest BCUT2D eigenvalue weighted by Crippen LogP contribution is -2.34. The third kappa shape index (κ3) is 3.93. The summed E-state index contributed by atoms with van der Waals surface area (Å²) in [4.78, 5) is 18.4. The van der Waals surface area contributed by atoms with Crippen LogP contribution in [0.3, 0.4) is 0 Å². The van der Waals surface area contributed by atoms with Crippen molar-refractivity contribution in [1.29, 1.82) is 0 Å². The second kappa shape index (κ2) is 6.43. The number of hydrogen-bond acceptors (Lipinski definition) is 5. The number of nitrogens with zero attached hydrogens (tertiary/aromatic N) is 2. The van der Waals surface area contributed by atoms with Gasteiger partial charge in [-0.3, -0.25) is 9.78 Å². The number of amides is 1. The summed E-state index contributed by atoms with van der Waals surface area (Å²) in [5, 5.41) is 3.16. The SMILES string of the molecule is CCNc1cc(C)ncc1C(=O)N1CCCS(=O)(=O)CC1. The highest BCUT2D eigenvalue weighted by atomic mass is 32.2. The molecule has 1 N–H and O–H groups in total. The largest absolute Gasteiger partial charge is 0.385 e. The van der Waals surface area contributed by atoms with Gasteiger partial charge in [-0.15, -0.1) is 0 Å². The van der Waals surface area contributed by atoms with Crippen molar-refractivity contribution in [2.24, 2.45) is 0 Å². The molecule has 7 heteroatoms. The summed E-state index contributed by atoms with van der Waals surface area (Å²) in [5.74, 6) is 0.0351. The molecule has 1 aromatic heterocycles. The number of aryl methyl sites for hydroxylation is 1. The molecule has 0 bridgehead atoms. The molecule has 2 heterocycles. The number of aromatic nitrogens is 1. The molecular weight excluding hydrogens is 290 g/mol. The average molecular weight is 311 g/mol. The Morgan fingerprint density at radius 2 is 2.14 bits per heavy atom. The van der Waals surface area contributed by atoms with Gasteiger partial charge in [0.25, 0.3) is 5.91 Å². The van der Waals surface area contributed by atoms with Crippen LogP contribution in [0, 0.1) is 6.92 Å². The fourth-order valence-corrected chi connectivity index (χ4v) is 3.65. The van der Waals surface area contributed by atoms with Crippen LogP contribution in [0.1, 0.15) is 29.4 Å². The summed E-state index contributed by atoms with van der Waals surface area (Å²) in [6.07, 6.45) is 2.05. The van der Waals surface area contributed by atoms with Crippen molar-refractivity contribution >= 4 is 21.4 Å². The van der Waals surface area contributed by atoms with Gasteiger partial charge in [0.15, 0.2) is 9.84 Å². The number of hydrogen-bond donors (Lipinski definition) is 1. The maximum atomic E-state index is 12.6. The van der Waals surface area contributed by atoms with Crippen molar-refractivity contribution in [3.63, 3.8) is 0 Å². The Labute approximate surface area is 125 Å². The molecule has 0 radical (unpaired) electrons. The Bertz CT molecular complexity index is 628. The molecular formula is C14H21N3O3S. The number of anilines is 1. The molecule has 1 aliphatic rings. The predicted molar refractivity (Wildman–Crippen MR) is 82.3 cm³/mol. The topological polar surface area (TPSA) is 79.4 Å². The van der Waals surface area contributed by atoms with Gasteiger partial charge in [0.1, 0.15) is 0 Å². The number of sulfone groups is 1. The third-order valence-corrected chi connectivity index (χ3v) is 5.20. The Hall–Kier alpha value is -1.63. The monoisotopic (exact) mass is 311 g/mol. The molecule has 0 saturated carbocycles. The van der Waals surface area contributed by atoms with Gasteiger partial charge in [-0.25, -0.2) is 8.42 Å². The lowest BCUT2D eigenvalue weighted by atomic mass is 10.1. The maximum absolute atomic E-state index is 12.6. The highest BCUT2D eigenvalue weighted by Crippen LogP contribution is 2.19. The van der Waals surface area contributed by atoms with Gasteiger partial charge in [-0.1, -0.05) is 0 Å². The first-order chi connectivity index (χ1) is 9.93. The van der Waals surface area contributed by atoms with E-state index < -0.39 is 9.84 Å². The molecule has 0 atom stereocenters. The van der Waals surface area contributed by atoms with Crippen LogP contribution in [0.2, 0.25) is 0 Å². The highest BCUT2D eigenvalue weighted by molar-refractivity contribution is 7.91. The zero-order valence-electron chi connectivity index (χ0n) is 12.4. The Morgan fingerprint density at radius 1 is 1.38 bits per heavy atom. The first-order valence-electron chi connectivity index (χ1n) is 7.13. The van der Waals surface area contributed by atoms with Crippen LogP contribution in [0.15, 0.2) is 12.3 Å². The standard InChI is InChI=1S/C14H21N3O3S/c1-3-15-13-9-11(2)16-10-12(13)14(18)17-5-4-7-21(19,20)8-6-17/h9-10H,3-8H2,1-2H3,(H,15,16). The van der Waals surface area contributed by atoms with E-state index in [4.69, 9.17) is 0 Å². The lowest BCUT2D eigenvalue weighted by molar-refractivity contribution is 0.0769. The third-order valence-electron chi connectivity index (χ3n) is 3.48. The van der Waals surface area contributed by atoms with Gasteiger partial charge in [-0.2, -0.15) is 0 Å². The second-order valence-corrected chi connectivity index (χ2v) is 7.50. The Morgan fingerprint density at radius 3 is 2.86 bits per heavy atom. The molecule has 1 fully saturated rings. The van der Waals surface area contributed by atoms with Gasteiger partial charge in [-0.05, 0) is 26.3 Å². The van der Waals surface area contributed by atoms with Gasteiger partial charge >= 0.3 is 0 Å². The molecule has 2 rings (SSSR count). The van der Waals surface area contributed by atoms with Crippen LogP contribution < -0.4 is 5.32 Å². The predicted octanol–water partition coefficient (Wildman–Crippen LogP) is 1.08. The summed E-state index contributed by atoms with van der Waals surface area (Å²) in [7, 11) is -3.02. The van der Waals surface area contributed by atoms with Crippen molar-refractivity contribution < 1.29 is 13.2 Å². The molecule has 1 aliphatic heterocycles. The summed E-state index contributed by atoms with van der Waals surface area (Å²) in [5.41, 5.74) is 2.09. The first-order valence-corrected chi connectivity index (χ1v) is 8.95. The van der Waals surface area contributed by atoms with Gasteiger partial charge in [0, 0.05) is 31.5 Å². The molecule has 1 saturated heterocycles. The van der Waals surface area contributed by atoms with Crippen LogP contribution in [0.25, 0.3) is 0 Å². The Balaban J connectivity index is 2.23. The minimum absolute atomic E-state index is 0.0363. The van der Waals surface area contributed by atoms with E-state index in [9.17, 15) is 13.2 Å². The van der Waals surface area contributed by atoms with E-state index in [-0.39, 0.29) is 24.0 Å². The van der Waals surface area contributed by atoms with Crippen molar-refractivity contribution in [3.8, 4) is 0 Å². The van der Waals surface area contributed by atoms with E-state index in [1.807, 2.05) is 19.9 Å². The number of carbonyl (C=O) groups is 1. The minimum atomic E-state index is -3.02. The number of rotatable bonds is 3. The van der Waals surface area contributed by atoms with Crippen LogP contribution in [0.5, 0.6) is 0 Å². The van der Waals surface area contributed by atoms with E-state index >= 15 is 0 Å². The molecule has 6 nitrogen and oxygen atoms in total. The van der Waals surface area contributed by atoms with Crippen LogP contribution in [0.4, 0.5) is 5.69 Å². The first kappa shape index (κ1) is 15.8.